The van der Waals surface area contributed by atoms with E-state index in [4.69, 9.17) is 19.4 Å². The maximum absolute atomic E-state index is 6.71. The fraction of sp³-hybridized carbons (Fsp3) is 0. The monoisotopic (exact) mass is 809 g/mol. The Morgan fingerprint density at radius 1 is 0.306 bits per heavy atom. The van der Waals surface area contributed by atoms with Crippen molar-refractivity contribution < 1.29 is 4.42 Å². The van der Waals surface area contributed by atoms with Gasteiger partial charge in [-0.1, -0.05) is 182 Å². The fourth-order valence-corrected chi connectivity index (χ4v) is 10.0. The quantitative estimate of drug-likeness (QED) is 0.161. The predicted octanol–water partition coefficient (Wildman–Crippen LogP) is 15.8. The Morgan fingerprint density at radius 2 is 0.806 bits per heavy atom. The van der Waals surface area contributed by atoms with Crippen LogP contribution in [0.4, 0.5) is 0 Å². The summed E-state index contributed by atoms with van der Waals surface area (Å²) >= 11 is 1.86. The minimum Gasteiger partial charge on any atom is -0.456 e. The number of hydrogen-bond acceptors (Lipinski definition) is 5. The van der Waals surface area contributed by atoms with Crippen LogP contribution in [0.15, 0.2) is 217 Å². The Balaban J connectivity index is 0.989. The number of rotatable bonds is 7. The maximum atomic E-state index is 6.71. The van der Waals surface area contributed by atoms with E-state index >= 15 is 0 Å². The fourth-order valence-electron chi connectivity index (χ4n) is 8.78. The van der Waals surface area contributed by atoms with E-state index in [1.165, 1.54) is 31.3 Å². The molecule has 0 unspecified atom stereocenters. The molecule has 0 aliphatic rings. The lowest BCUT2D eigenvalue weighted by Crippen LogP contribution is -2.00. The molecular weight excluding hydrogens is 775 g/mol. The average molecular weight is 810 g/mol. The van der Waals surface area contributed by atoms with Gasteiger partial charge in [-0.05, 0) is 69.3 Å². The number of benzene rings is 9. The first-order chi connectivity index (χ1) is 30.7. The highest BCUT2D eigenvalue weighted by Gasteiger charge is 2.20. The SMILES string of the molecule is c1ccc(-c2ccc(-c3nc(-c4cccc(-c5ccccc5)c4)nc(-c4ccc5c(c4)oc4cccc(-c6ccccc6-c6cccc7c6sc6ccccc67)c45)n3)cc2)cc1. The summed E-state index contributed by atoms with van der Waals surface area (Å²) in [6, 6.07) is 74.4. The van der Waals surface area contributed by atoms with Gasteiger partial charge >= 0.3 is 0 Å². The molecule has 0 fully saturated rings. The molecular formula is C57H35N3OS. The zero-order chi connectivity index (χ0) is 41.0. The van der Waals surface area contributed by atoms with Crippen molar-refractivity contribution in [3.05, 3.63) is 212 Å². The molecule has 9 aromatic carbocycles. The molecule has 3 aromatic heterocycles. The minimum absolute atomic E-state index is 0.576. The smallest absolute Gasteiger partial charge is 0.164 e. The van der Waals surface area contributed by atoms with E-state index in [0.717, 1.165) is 72.0 Å². The van der Waals surface area contributed by atoms with Gasteiger partial charge in [-0.2, -0.15) is 0 Å². The molecule has 290 valence electrons. The Labute approximate surface area is 362 Å². The van der Waals surface area contributed by atoms with Gasteiger partial charge in [0.05, 0.1) is 0 Å². The number of fused-ring (bicyclic) bond motifs is 6. The summed E-state index contributed by atoms with van der Waals surface area (Å²) < 4.78 is 9.31. The van der Waals surface area contributed by atoms with Crippen LogP contribution in [0.5, 0.6) is 0 Å². The van der Waals surface area contributed by atoms with Crippen LogP contribution in [0.3, 0.4) is 0 Å². The van der Waals surface area contributed by atoms with E-state index in [2.05, 4.69) is 200 Å². The van der Waals surface area contributed by atoms with Crippen molar-refractivity contribution in [2.24, 2.45) is 0 Å². The molecule has 0 radical (unpaired) electrons. The molecule has 0 saturated carbocycles. The second kappa shape index (κ2) is 14.9. The van der Waals surface area contributed by atoms with Crippen molar-refractivity contribution in [2.45, 2.75) is 0 Å². The van der Waals surface area contributed by atoms with Gasteiger partial charge < -0.3 is 4.42 Å². The summed E-state index contributed by atoms with van der Waals surface area (Å²) in [6.07, 6.45) is 0. The third-order valence-corrected chi connectivity index (χ3v) is 13.0. The van der Waals surface area contributed by atoms with Gasteiger partial charge in [-0.25, -0.2) is 15.0 Å². The lowest BCUT2D eigenvalue weighted by molar-refractivity contribution is 0.669. The van der Waals surface area contributed by atoms with Crippen LogP contribution in [0.2, 0.25) is 0 Å². The van der Waals surface area contributed by atoms with Crippen molar-refractivity contribution in [2.75, 3.05) is 0 Å². The summed E-state index contributed by atoms with van der Waals surface area (Å²) in [5.41, 5.74) is 13.5. The normalized spacial score (nSPS) is 11.5. The van der Waals surface area contributed by atoms with Crippen molar-refractivity contribution in [1.29, 1.82) is 0 Å². The third kappa shape index (κ3) is 6.26. The van der Waals surface area contributed by atoms with Gasteiger partial charge in [-0.15, -0.1) is 11.3 Å². The second-order valence-electron chi connectivity index (χ2n) is 15.5. The highest BCUT2D eigenvalue weighted by atomic mass is 32.1. The Bertz CT molecular complexity index is 3630. The number of furan rings is 1. The summed E-state index contributed by atoms with van der Waals surface area (Å²) in [7, 11) is 0. The number of hydrogen-bond donors (Lipinski definition) is 0. The zero-order valence-electron chi connectivity index (χ0n) is 33.4. The molecule has 0 bridgehead atoms. The highest BCUT2D eigenvalue weighted by Crippen LogP contribution is 2.45. The predicted molar refractivity (Wildman–Crippen MR) is 258 cm³/mol. The maximum Gasteiger partial charge on any atom is 0.164 e. The van der Waals surface area contributed by atoms with Crippen LogP contribution in [-0.4, -0.2) is 15.0 Å². The van der Waals surface area contributed by atoms with Gasteiger partial charge in [-0.3, -0.25) is 0 Å². The highest BCUT2D eigenvalue weighted by molar-refractivity contribution is 7.26. The molecule has 0 atom stereocenters. The molecule has 0 N–H and O–H groups in total. The Morgan fingerprint density at radius 3 is 1.58 bits per heavy atom. The number of aromatic nitrogens is 3. The van der Waals surface area contributed by atoms with Crippen molar-refractivity contribution in [1.82, 2.24) is 15.0 Å². The molecule has 0 aliphatic heterocycles. The van der Waals surface area contributed by atoms with Gasteiger partial charge in [0.25, 0.3) is 0 Å². The summed E-state index contributed by atoms with van der Waals surface area (Å²) in [5, 5.41) is 4.70. The Hall–Kier alpha value is -7.99. The lowest BCUT2D eigenvalue weighted by atomic mass is 9.91. The van der Waals surface area contributed by atoms with E-state index < -0.39 is 0 Å². The van der Waals surface area contributed by atoms with E-state index in [0.29, 0.717) is 17.5 Å². The van der Waals surface area contributed by atoms with E-state index in [9.17, 15) is 0 Å². The largest absolute Gasteiger partial charge is 0.456 e. The molecule has 4 nitrogen and oxygen atoms in total. The molecule has 5 heteroatoms. The standard InChI is InChI=1S/C57H35N3OS/c1-3-14-36(15-4-1)38-28-30-39(31-29-38)55-58-56(41-19-11-18-40(34-41)37-16-5-2-6-17-37)60-57(59-55)42-32-33-49-51(35-42)61-50-26-13-23-46(53(49)50)43-20-7-8-21-44(43)47-24-12-25-48-45-22-9-10-27-52(45)62-54(47)48/h1-35H. The zero-order valence-corrected chi connectivity index (χ0v) is 34.2. The van der Waals surface area contributed by atoms with Crippen LogP contribution in [0.25, 0.3) is 121 Å². The van der Waals surface area contributed by atoms with Crippen LogP contribution >= 0.6 is 11.3 Å². The molecule has 12 rings (SSSR count). The van der Waals surface area contributed by atoms with Crippen LogP contribution in [0, 0.1) is 0 Å². The molecule has 12 aromatic rings. The van der Waals surface area contributed by atoms with E-state index in [1.807, 2.05) is 23.5 Å². The molecule has 0 spiro atoms. The first-order valence-corrected chi connectivity index (χ1v) is 21.6. The van der Waals surface area contributed by atoms with Crippen LogP contribution in [0.1, 0.15) is 0 Å². The van der Waals surface area contributed by atoms with Gasteiger partial charge in [0, 0.05) is 53.2 Å². The summed E-state index contributed by atoms with van der Waals surface area (Å²) in [4.78, 5) is 15.4. The first-order valence-electron chi connectivity index (χ1n) is 20.8. The summed E-state index contributed by atoms with van der Waals surface area (Å²) in [5.74, 6) is 1.78. The van der Waals surface area contributed by atoms with Gasteiger partial charge in [0.1, 0.15) is 11.2 Å². The lowest BCUT2D eigenvalue weighted by Gasteiger charge is -2.12. The molecule has 0 saturated heterocycles. The van der Waals surface area contributed by atoms with Crippen molar-refractivity contribution in [3.63, 3.8) is 0 Å². The minimum atomic E-state index is 0.576. The molecule has 3 heterocycles. The molecule has 0 amide bonds. The Kier molecular flexibility index (Phi) is 8.65. The second-order valence-corrected chi connectivity index (χ2v) is 16.6. The molecule has 62 heavy (non-hydrogen) atoms. The topological polar surface area (TPSA) is 51.8 Å². The number of thiophene rings is 1. The summed E-state index contributed by atoms with van der Waals surface area (Å²) in [6.45, 7) is 0. The first kappa shape index (κ1) is 35.9. The number of nitrogens with zero attached hydrogens (tertiary/aromatic N) is 3. The third-order valence-electron chi connectivity index (χ3n) is 11.8. The molecule has 0 aliphatic carbocycles. The van der Waals surface area contributed by atoms with Crippen molar-refractivity contribution in [3.8, 4) is 78.7 Å². The average Bonchev–Trinajstić information content (AvgIpc) is 3.93. The van der Waals surface area contributed by atoms with Crippen LogP contribution < -0.4 is 0 Å². The van der Waals surface area contributed by atoms with Gasteiger partial charge in [0.2, 0.25) is 0 Å². The van der Waals surface area contributed by atoms with Crippen molar-refractivity contribution >= 4 is 53.4 Å². The van der Waals surface area contributed by atoms with Crippen LogP contribution in [-0.2, 0) is 0 Å². The van der Waals surface area contributed by atoms with Gasteiger partial charge in [0.15, 0.2) is 17.5 Å². The van der Waals surface area contributed by atoms with E-state index in [-0.39, 0.29) is 0 Å². The van der Waals surface area contributed by atoms with E-state index in [1.54, 1.807) is 0 Å².